The third-order valence-corrected chi connectivity index (χ3v) is 2.62. The van der Waals surface area contributed by atoms with E-state index >= 15 is 0 Å². The third-order valence-electron chi connectivity index (χ3n) is 2.62. The molecule has 0 spiro atoms. The van der Waals surface area contributed by atoms with Crippen LogP contribution in [0.2, 0.25) is 0 Å². The van der Waals surface area contributed by atoms with Gasteiger partial charge in [0.25, 0.3) is 0 Å². The first-order valence-electron chi connectivity index (χ1n) is 5.60. The minimum absolute atomic E-state index is 0.470. The molecule has 5 heteroatoms. The smallest absolute Gasteiger partial charge is 0.134 e. The van der Waals surface area contributed by atoms with Gasteiger partial charge in [0.15, 0.2) is 0 Å². The molecule has 0 unspecified atom stereocenters. The molecule has 0 bridgehead atoms. The first-order valence-corrected chi connectivity index (χ1v) is 5.60. The summed E-state index contributed by atoms with van der Waals surface area (Å²) in [4.78, 5) is 10.1. The lowest BCUT2D eigenvalue weighted by atomic mass is 10.2. The molecular formula is C13H16N4O. The van der Waals surface area contributed by atoms with Crippen LogP contribution < -0.4 is 15.4 Å². The van der Waals surface area contributed by atoms with Crippen LogP contribution in [-0.4, -0.2) is 24.1 Å². The van der Waals surface area contributed by atoms with Crippen molar-refractivity contribution in [3.05, 3.63) is 42.2 Å². The second-order valence-electron chi connectivity index (χ2n) is 4.01. The van der Waals surface area contributed by atoms with Crippen molar-refractivity contribution in [3.63, 3.8) is 0 Å². The van der Waals surface area contributed by atoms with Gasteiger partial charge in [-0.1, -0.05) is 12.1 Å². The van der Waals surface area contributed by atoms with E-state index in [-0.39, 0.29) is 0 Å². The van der Waals surface area contributed by atoms with E-state index in [1.807, 2.05) is 36.2 Å². The monoisotopic (exact) mass is 244 g/mol. The molecule has 0 saturated heterocycles. The van der Waals surface area contributed by atoms with Crippen molar-refractivity contribution in [1.82, 2.24) is 9.97 Å². The SMILES string of the molecule is COc1cccc(CN(C)c2cc(N)ncn2)c1. The average molecular weight is 244 g/mol. The van der Waals surface area contributed by atoms with Gasteiger partial charge in [-0.15, -0.1) is 0 Å². The number of benzene rings is 1. The number of aromatic nitrogens is 2. The molecule has 2 aromatic rings. The first-order chi connectivity index (χ1) is 8.69. The summed E-state index contributed by atoms with van der Waals surface area (Å²) >= 11 is 0. The topological polar surface area (TPSA) is 64.3 Å². The van der Waals surface area contributed by atoms with Crippen molar-refractivity contribution in [2.45, 2.75) is 6.54 Å². The van der Waals surface area contributed by atoms with Crippen molar-refractivity contribution >= 4 is 11.6 Å². The lowest BCUT2D eigenvalue weighted by Crippen LogP contribution is -2.18. The largest absolute Gasteiger partial charge is 0.497 e. The van der Waals surface area contributed by atoms with Gasteiger partial charge in [0, 0.05) is 19.7 Å². The predicted octanol–water partition coefficient (Wildman–Crippen LogP) is 1.70. The highest BCUT2D eigenvalue weighted by Crippen LogP contribution is 2.17. The van der Waals surface area contributed by atoms with Crippen LogP contribution in [0, 0.1) is 0 Å². The summed E-state index contributed by atoms with van der Waals surface area (Å²) in [5, 5.41) is 0. The number of hydrogen-bond acceptors (Lipinski definition) is 5. The summed E-state index contributed by atoms with van der Waals surface area (Å²) in [6.45, 7) is 0.730. The molecule has 0 atom stereocenters. The number of methoxy groups -OCH3 is 1. The number of nitrogen functional groups attached to an aromatic ring is 1. The van der Waals surface area contributed by atoms with Gasteiger partial charge in [0.05, 0.1) is 7.11 Å². The molecule has 1 heterocycles. The molecule has 0 amide bonds. The number of nitrogens with zero attached hydrogens (tertiary/aromatic N) is 3. The van der Waals surface area contributed by atoms with Gasteiger partial charge in [-0.2, -0.15) is 0 Å². The molecule has 2 rings (SSSR count). The molecule has 0 aliphatic carbocycles. The van der Waals surface area contributed by atoms with Crippen LogP contribution in [0.4, 0.5) is 11.6 Å². The van der Waals surface area contributed by atoms with E-state index in [0.717, 1.165) is 23.7 Å². The van der Waals surface area contributed by atoms with Crippen molar-refractivity contribution < 1.29 is 4.74 Å². The number of nitrogens with two attached hydrogens (primary N) is 1. The molecule has 2 N–H and O–H groups in total. The van der Waals surface area contributed by atoms with Gasteiger partial charge >= 0.3 is 0 Å². The van der Waals surface area contributed by atoms with Crippen LogP contribution in [0.15, 0.2) is 36.7 Å². The van der Waals surface area contributed by atoms with Gasteiger partial charge in [-0.25, -0.2) is 9.97 Å². The maximum atomic E-state index is 5.64. The summed E-state index contributed by atoms with van der Waals surface area (Å²) < 4.78 is 5.20. The van der Waals surface area contributed by atoms with E-state index < -0.39 is 0 Å². The van der Waals surface area contributed by atoms with Gasteiger partial charge in [0.2, 0.25) is 0 Å². The second kappa shape index (κ2) is 5.35. The summed E-state index contributed by atoms with van der Waals surface area (Å²) in [6.07, 6.45) is 1.47. The lowest BCUT2D eigenvalue weighted by molar-refractivity contribution is 0.414. The van der Waals surface area contributed by atoms with Gasteiger partial charge in [-0.05, 0) is 17.7 Å². The highest BCUT2D eigenvalue weighted by Gasteiger charge is 2.05. The molecule has 18 heavy (non-hydrogen) atoms. The molecular weight excluding hydrogens is 228 g/mol. The number of ether oxygens (including phenoxy) is 1. The highest BCUT2D eigenvalue weighted by molar-refractivity contribution is 5.46. The van der Waals surface area contributed by atoms with E-state index in [4.69, 9.17) is 10.5 Å². The maximum Gasteiger partial charge on any atom is 0.134 e. The maximum absolute atomic E-state index is 5.64. The van der Waals surface area contributed by atoms with Crippen LogP contribution in [0.3, 0.4) is 0 Å². The molecule has 0 fully saturated rings. The fourth-order valence-electron chi connectivity index (χ4n) is 1.70. The standard InChI is InChI=1S/C13H16N4O/c1-17(13-7-12(14)15-9-16-13)8-10-4-3-5-11(6-10)18-2/h3-7,9H,8H2,1-2H3,(H2,14,15,16). The van der Waals surface area contributed by atoms with Crippen molar-refractivity contribution in [1.29, 1.82) is 0 Å². The summed E-state index contributed by atoms with van der Waals surface area (Å²) in [6, 6.07) is 9.69. The van der Waals surface area contributed by atoms with E-state index in [2.05, 4.69) is 9.97 Å². The first kappa shape index (κ1) is 12.2. The van der Waals surface area contributed by atoms with Gasteiger partial charge in [-0.3, -0.25) is 0 Å². The fraction of sp³-hybridized carbons (Fsp3) is 0.231. The molecule has 1 aromatic heterocycles. The molecule has 0 radical (unpaired) electrons. The average Bonchev–Trinajstić information content (AvgIpc) is 2.39. The van der Waals surface area contributed by atoms with Crippen LogP contribution in [-0.2, 0) is 6.54 Å². The van der Waals surface area contributed by atoms with Crippen LogP contribution in [0.5, 0.6) is 5.75 Å². The van der Waals surface area contributed by atoms with E-state index in [1.165, 1.54) is 6.33 Å². The lowest BCUT2D eigenvalue weighted by Gasteiger charge is -2.18. The zero-order valence-electron chi connectivity index (χ0n) is 10.5. The Kier molecular flexibility index (Phi) is 3.62. The normalized spacial score (nSPS) is 10.1. The van der Waals surface area contributed by atoms with Gasteiger partial charge < -0.3 is 15.4 Å². The Morgan fingerprint density at radius 3 is 2.83 bits per heavy atom. The molecule has 1 aromatic carbocycles. The molecule has 0 aliphatic heterocycles. The Balaban J connectivity index is 2.13. The van der Waals surface area contributed by atoms with Gasteiger partial charge in [0.1, 0.15) is 23.7 Å². The Morgan fingerprint density at radius 2 is 2.11 bits per heavy atom. The quantitative estimate of drug-likeness (QED) is 0.886. The fourth-order valence-corrected chi connectivity index (χ4v) is 1.70. The van der Waals surface area contributed by atoms with E-state index in [0.29, 0.717) is 5.82 Å². The zero-order chi connectivity index (χ0) is 13.0. The zero-order valence-corrected chi connectivity index (χ0v) is 10.5. The third kappa shape index (κ3) is 2.88. The Hall–Kier alpha value is -2.30. The molecule has 0 saturated carbocycles. The van der Waals surface area contributed by atoms with Crippen LogP contribution >= 0.6 is 0 Å². The number of hydrogen-bond donors (Lipinski definition) is 1. The van der Waals surface area contributed by atoms with Crippen LogP contribution in [0.25, 0.3) is 0 Å². The van der Waals surface area contributed by atoms with Crippen molar-refractivity contribution in [2.24, 2.45) is 0 Å². The summed E-state index contributed by atoms with van der Waals surface area (Å²) in [7, 11) is 3.62. The molecule has 5 nitrogen and oxygen atoms in total. The highest BCUT2D eigenvalue weighted by atomic mass is 16.5. The molecule has 94 valence electrons. The predicted molar refractivity (Wildman–Crippen MR) is 71.5 cm³/mol. The van der Waals surface area contributed by atoms with Crippen molar-refractivity contribution in [2.75, 3.05) is 24.8 Å². The molecule has 0 aliphatic rings. The Bertz CT molecular complexity index is 530. The van der Waals surface area contributed by atoms with Crippen molar-refractivity contribution in [3.8, 4) is 5.75 Å². The van der Waals surface area contributed by atoms with E-state index in [1.54, 1.807) is 13.2 Å². The minimum atomic E-state index is 0.470. The van der Waals surface area contributed by atoms with E-state index in [9.17, 15) is 0 Å². The Labute approximate surface area is 106 Å². The number of anilines is 2. The second-order valence-corrected chi connectivity index (χ2v) is 4.01. The Morgan fingerprint density at radius 1 is 1.28 bits per heavy atom. The summed E-state index contributed by atoms with van der Waals surface area (Å²) in [5.41, 5.74) is 6.78. The van der Waals surface area contributed by atoms with Crippen LogP contribution in [0.1, 0.15) is 5.56 Å². The summed E-state index contributed by atoms with van der Waals surface area (Å²) in [5.74, 6) is 2.12. The number of rotatable bonds is 4. The minimum Gasteiger partial charge on any atom is -0.497 e.